The van der Waals surface area contributed by atoms with Crippen LogP contribution in [0.15, 0.2) is 33.3 Å². The molecule has 1 aromatic carbocycles. The number of carbonyl (C=O) groups excluding carboxylic acids is 1. The molecule has 0 bridgehead atoms. The molecule has 1 atom stereocenters. The van der Waals surface area contributed by atoms with Crippen molar-refractivity contribution in [2.24, 2.45) is 0 Å². The molecule has 0 aliphatic carbocycles. The average Bonchev–Trinajstić information content (AvgIpc) is 3.43. The van der Waals surface area contributed by atoms with Crippen LogP contribution in [0.3, 0.4) is 0 Å². The summed E-state index contributed by atoms with van der Waals surface area (Å²) < 4.78 is 29.8. The number of alkyl carbamates (subject to hydrolysis) is 1. The van der Waals surface area contributed by atoms with Crippen LogP contribution in [0.1, 0.15) is 71.0 Å². The minimum atomic E-state index is -0.869. The van der Waals surface area contributed by atoms with E-state index in [-0.39, 0.29) is 11.7 Å². The molecular weight excluding hydrogens is 455 g/mol. The van der Waals surface area contributed by atoms with E-state index in [0.717, 1.165) is 19.4 Å². The molecule has 1 fully saturated rings. The Bertz CT molecular complexity index is 1170. The maximum atomic E-state index is 13.5. The van der Waals surface area contributed by atoms with Crippen LogP contribution in [-0.4, -0.2) is 50.0 Å². The maximum absolute atomic E-state index is 13.5. The van der Waals surface area contributed by atoms with E-state index in [2.05, 4.69) is 30.5 Å². The van der Waals surface area contributed by atoms with Crippen molar-refractivity contribution in [2.75, 3.05) is 13.1 Å². The zero-order chi connectivity index (χ0) is 25.2. The molecule has 10 nitrogen and oxygen atoms in total. The Morgan fingerprint density at radius 2 is 2.00 bits per heavy atom. The number of piperidine rings is 1. The lowest BCUT2D eigenvalue weighted by Gasteiger charge is -2.29. The van der Waals surface area contributed by atoms with Gasteiger partial charge in [-0.3, -0.25) is 4.90 Å². The summed E-state index contributed by atoms with van der Waals surface area (Å²) >= 11 is 0. The maximum Gasteiger partial charge on any atom is 0.408 e. The highest BCUT2D eigenvalue weighted by Crippen LogP contribution is 2.29. The van der Waals surface area contributed by atoms with Gasteiger partial charge in [-0.05, 0) is 66.1 Å². The Kier molecular flexibility index (Phi) is 6.88. The summed E-state index contributed by atoms with van der Waals surface area (Å²) in [7, 11) is 0. The summed E-state index contributed by atoms with van der Waals surface area (Å²) in [5, 5.41) is 10.9. The number of likely N-dealkylation sites (tertiary alicyclic amines) is 1. The van der Waals surface area contributed by atoms with Crippen LogP contribution in [0.2, 0.25) is 0 Å². The summed E-state index contributed by atoms with van der Waals surface area (Å²) in [5.74, 6) is 1.42. The van der Waals surface area contributed by atoms with Crippen LogP contribution in [0.4, 0.5) is 9.18 Å². The van der Waals surface area contributed by atoms with Gasteiger partial charge in [-0.15, -0.1) is 0 Å². The number of hydrogen-bond donors (Lipinski definition) is 1. The lowest BCUT2D eigenvalue weighted by molar-refractivity contribution is 0.0465. The van der Waals surface area contributed by atoms with Crippen molar-refractivity contribution < 1.29 is 23.0 Å². The third-order valence-corrected chi connectivity index (χ3v) is 5.58. The van der Waals surface area contributed by atoms with Gasteiger partial charge in [0.15, 0.2) is 5.82 Å². The monoisotopic (exact) mass is 486 g/mol. The van der Waals surface area contributed by atoms with E-state index in [9.17, 15) is 9.18 Å². The van der Waals surface area contributed by atoms with Crippen molar-refractivity contribution in [1.82, 2.24) is 30.5 Å². The van der Waals surface area contributed by atoms with Gasteiger partial charge in [0.05, 0.1) is 12.5 Å². The standard InChI is InChI=1S/C24H31FN6O4/c1-23(2,3)33-22(32)28-24(4,5)21-26-18(34-30-21)14-31-11-7-9-16(13-31)20-27-19(29-35-20)15-8-6-10-17(25)12-15/h6,8,10,12,16H,7,9,11,13-14H2,1-5H3,(H,28,32). The van der Waals surface area contributed by atoms with E-state index in [1.54, 1.807) is 46.8 Å². The number of ether oxygens (including phenoxy) is 1. The fourth-order valence-corrected chi connectivity index (χ4v) is 3.93. The number of carbonyl (C=O) groups is 1. The van der Waals surface area contributed by atoms with Crippen LogP contribution >= 0.6 is 0 Å². The van der Waals surface area contributed by atoms with E-state index >= 15 is 0 Å². The third-order valence-electron chi connectivity index (χ3n) is 5.58. The molecule has 188 valence electrons. The molecule has 35 heavy (non-hydrogen) atoms. The third kappa shape index (κ3) is 6.41. The van der Waals surface area contributed by atoms with Crippen LogP contribution < -0.4 is 5.32 Å². The van der Waals surface area contributed by atoms with Crippen molar-refractivity contribution in [1.29, 1.82) is 0 Å². The molecule has 1 amide bonds. The first kappa shape index (κ1) is 24.8. The number of hydrogen-bond acceptors (Lipinski definition) is 9. The second-order valence-electron chi connectivity index (χ2n) is 10.3. The van der Waals surface area contributed by atoms with Gasteiger partial charge in [0.25, 0.3) is 0 Å². The van der Waals surface area contributed by atoms with Gasteiger partial charge in [0, 0.05) is 12.1 Å². The molecule has 11 heteroatoms. The van der Waals surface area contributed by atoms with E-state index in [1.165, 1.54) is 12.1 Å². The number of amides is 1. The number of aromatic nitrogens is 4. The topological polar surface area (TPSA) is 119 Å². The van der Waals surface area contributed by atoms with Gasteiger partial charge in [0.1, 0.15) is 17.0 Å². The minimum Gasteiger partial charge on any atom is -0.444 e. The molecular formula is C24H31FN6O4. The fourth-order valence-electron chi connectivity index (χ4n) is 3.93. The summed E-state index contributed by atoms with van der Waals surface area (Å²) in [6, 6.07) is 6.12. The van der Waals surface area contributed by atoms with Crippen LogP contribution in [-0.2, 0) is 16.8 Å². The van der Waals surface area contributed by atoms with Crippen LogP contribution in [0.5, 0.6) is 0 Å². The molecule has 1 aliphatic heterocycles. The molecule has 0 saturated carbocycles. The largest absolute Gasteiger partial charge is 0.444 e. The zero-order valence-corrected chi connectivity index (χ0v) is 20.7. The number of nitrogens with one attached hydrogen (secondary N) is 1. The first-order chi connectivity index (χ1) is 16.5. The van der Waals surface area contributed by atoms with Gasteiger partial charge in [0.2, 0.25) is 17.6 Å². The lowest BCUT2D eigenvalue weighted by atomic mass is 9.98. The molecule has 1 unspecified atom stereocenters. The van der Waals surface area contributed by atoms with Gasteiger partial charge in [-0.1, -0.05) is 22.4 Å². The molecule has 4 rings (SSSR count). The number of nitrogens with zero attached hydrogens (tertiary/aromatic N) is 5. The molecule has 3 aromatic rings. The molecule has 1 N–H and O–H groups in total. The molecule has 1 saturated heterocycles. The Labute approximate surface area is 203 Å². The summed E-state index contributed by atoms with van der Waals surface area (Å²) in [4.78, 5) is 23.4. The Morgan fingerprint density at radius 1 is 1.20 bits per heavy atom. The summed E-state index contributed by atoms with van der Waals surface area (Å²) in [5.41, 5.74) is -0.899. The predicted octanol–water partition coefficient (Wildman–Crippen LogP) is 4.40. The van der Waals surface area contributed by atoms with Crippen molar-refractivity contribution in [3.8, 4) is 11.4 Å². The van der Waals surface area contributed by atoms with Gasteiger partial charge < -0.3 is 19.1 Å². The smallest absolute Gasteiger partial charge is 0.408 e. The van der Waals surface area contributed by atoms with E-state index in [1.807, 2.05) is 0 Å². The minimum absolute atomic E-state index is 0.0474. The van der Waals surface area contributed by atoms with Gasteiger partial charge in [-0.2, -0.15) is 9.97 Å². The van der Waals surface area contributed by atoms with Gasteiger partial charge >= 0.3 is 6.09 Å². The van der Waals surface area contributed by atoms with Crippen molar-refractivity contribution in [2.45, 2.75) is 71.1 Å². The SMILES string of the molecule is CC(C)(C)OC(=O)NC(C)(C)c1noc(CN2CCCC(c3nc(-c4cccc(F)c4)no3)C2)n1. The fraction of sp³-hybridized carbons (Fsp3) is 0.542. The Morgan fingerprint density at radius 3 is 2.74 bits per heavy atom. The van der Waals surface area contributed by atoms with E-state index < -0.39 is 17.2 Å². The highest BCUT2D eigenvalue weighted by atomic mass is 19.1. The van der Waals surface area contributed by atoms with E-state index in [4.69, 9.17) is 13.8 Å². The lowest BCUT2D eigenvalue weighted by Crippen LogP contribution is -2.44. The molecule has 2 aromatic heterocycles. The second-order valence-corrected chi connectivity index (χ2v) is 10.3. The zero-order valence-electron chi connectivity index (χ0n) is 20.7. The van der Waals surface area contributed by atoms with Crippen molar-refractivity contribution in [3.63, 3.8) is 0 Å². The van der Waals surface area contributed by atoms with Crippen LogP contribution in [0, 0.1) is 5.82 Å². The number of benzene rings is 1. The highest BCUT2D eigenvalue weighted by Gasteiger charge is 2.32. The number of rotatable bonds is 6. The quantitative estimate of drug-likeness (QED) is 0.540. The molecule has 1 aliphatic rings. The molecule has 0 spiro atoms. The number of halogens is 1. The Balaban J connectivity index is 1.37. The van der Waals surface area contributed by atoms with Crippen LogP contribution in [0.25, 0.3) is 11.4 Å². The highest BCUT2D eigenvalue weighted by molar-refractivity contribution is 5.68. The molecule has 0 radical (unpaired) electrons. The van der Waals surface area contributed by atoms with Gasteiger partial charge in [-0.25, -0.2) is 9.18 Å². The van der Waals surface area contributed by atoms with Crippen molar-refractivity contribution >= 4 is 6.09 Å². The Hall–Kier alpha value is -3.34. The summed E-state index contributed by atoms with van der Waals surface area (Å²) in [6.45, 7) is 11.0. The molecule has 3 heterocycles. The first-order valence-corrected chi connectivity index (χ1v) is 11.6. The normalized spacial score (nSPS) is 17.4. The second kappa shape index (κ2) is 9.73. The first-order valence-electron chi connectivity index (χ1n) is 11.6. The summed E-state index contributed by atoms with van der Waals surface area (Å²) in [6.07, 6.45) is 1.29. The van der Waals surface area contributed by atoms with E-state index in [0.29, 0.717) is 42.1 Å². The average molecular weight is 487 g/mol. The predicted molar refractivity (Wildman–Crippen MR) is 124 cm³/mol. The van der Waals surface area contributed by atoms with Crippen molar-refractivity contribution in [3.05, 3.63) is 47.7 Å².